The summed E-state index contributed by atoms with van der Waals surface area (Å²) in [5.74, 6) is 0.841. The number of hydrogen-bond donors (Lipinski definition) is 1. The lowest BCUT2D eigenvalue weighted by Gasteiger charge is -2.16. The smallest absolute Gasteiger partial charge is 0.342 e. The Morgan fingerprint density at radius 3 is 2.42 bits per heavy atom. The minimum Gasteiger partial charge on any atom is -0.342 e. The van der Waals surface area contributed by atoms with Gasteiger partial charge in [0.1, 0.15) is 0 Å². The van der Waals surface area contributed by atoms with E-state index in [4.69, 9.17) is 0 Å². The third kappa shape index (κ3) is 4.23. The molecule has 0 bridgehead atoms. The first-order chi connectivity index (χ1) is 11.7. The fraction of sp³-hybridized carbons (Fsp3) is 0.167. The second-order valence-corrected chi connectivity index (χ2v) is 6.31. The molecule has 1 heterocycles. The molecule has 2 aromatic carbocycles. The van der Waals surface area contributed by atoms with Crippen molar-refractivity contribution >= 4 is 34.4 Å². The summed E-state index contributed by atoms with van der Waals surface area (Å²) < 4.78 is 0. The van der Waals surface area contributed by atoms with Crippen molar-refractivity contribution in [3.8, 4) is 0 Å². The van der Waals surface area contributed by atoms with Gasteiger partial charge in [-0.05, 0) is 12.1 Å². The number of urea groups is 1. The highest BCUT2D eigenvalue weighted by molar-refractivity contribution is 8.14. The molecule has 0 saturated carbocycles. The predicted octanol–water partition coefficient (Wildman–Crippen LogP) is 3.51. The molecule has 6 heteroatoms. The Kier molecular flexibility index (Phi) is 5.28. The van der Waals surface area contributed by atoms with Gasteiger partial charge in [-0.2, -0.15) is 4.99 Å². The minimum absolute atomic E-state index is 0.0225. The van der Waals surface area contributed by atoms with Crippen molar-refractivity contribution in [2.24, 2.45) is 4.99 Å². The van der Waals surface area contributed by atoms with Crippen LogP contribution in [0.15, 0.2) is 65.7 Å². The second kappa shape index (κ2) is 7.79. The number of thioether (sulfide) groups is 1. The molecule has 0 spiro atoms. The van der Waals surface area contributed by atoms with E-state index in [1.807, 2.05) is 41.3 Å². The highest BCUT2D eigenvalue weighted by Crippen LogP contribution is 2.19. The number of nitrogens with zero attached hydrogens (tertiary/aromatic N) is 2. The van der Waals surface area contributed by atoms with Crippen molar-refractivity contribution < 1.29 is 9.59 Å². The third-order valence-electron chi connectivity index (χ3n) is 3.52. The van der Waals surface area contributed by atoms with Crippen LogP contribution in [0.4, 0.5) is 10.5 Å². The van der Waals surface area contributed by atoms with Gasteiger partial charge in [-0.15, -0.1) is 0 Å². The fourth-order valence-corrected chi connectivity index (χ4v) is 3.31. The number of carbonyl (C=O) groups excluding carboxylic acids is 2. The van der Waals surface area contributed by atoms with Gasteiger partial charge in [-0.1, -0.05) is 60.3 Å². The second-order valence-electron chi connectivity index (χ2n) is 5.25. The molecule has 1 saturated heterocycles. The van der Waals surface area contributed by atoms with Crippen molar-refractivity contribution in [2.45, 2.75) is 0 Å². The summed E-state index contributed by atoms with van der Waals surface area (Å²) in [6, 6.07) is 17.9. The largest absolute Gasteiger partial charge is 0.347 e. The lowest BCUT2D eigenvalue weighted by atomic mass is 10.1. The van der Waals surface area contributed by atoms with E-state index in [2.05, 4.69) is 10.3 Å². The average Bonchev–Trinajstić information content (AvgIpc) is 3.03. The number of amidine groups is 1. The van der Waals surface area contributed by atoms with Gasteiger partial charge in [0.2, 0.25) is 0 Å². The van der Waals surface area contributed by atoms with E-state index in [1.54, 1.807) is 24.3 Å². The molecule has 1 aliphatic heterocycles. The molecule has 0 aromatic heterocycles. The Hall–Kier alpha value is -2.60. The molecule has 24 heavy (non-hydrogen) atoms. The number of rotatable bonds is 4. The standard InChI is InChI=1S/C18H17N3O2S/c22-16(14-7-3-1-4-8-14)13-21-11-12-24-18(21)20-17(23)19-15-9-5-2-6-10-15/h1-10H,11-13H2,(H,19,23). The van der Waals surface area contributed by atoms with Crippen LogP contribution in [0.2, 0.25) is 0 Å². The summed E-state index contributed by atoms with van der Waals surface area (Å²) >= 11 is 1.49. The van der Waals surface area contributed by atoms with Crippen LogP contribution in [0.25, 0.3) is 0 Å². The Morgan fingerprint density at radius 1 is 1.04 bits per heavy atom. The lowest BCUT2D eigenvalue weighted by Crippen LogP contribution is -2.31. The molecule has 0 unspecified atom stereocenters. The van der Waals surface area contributed by atoms with Crippen LogP contribution in [-0.4, -0.2) is 40.7 Å². The Labute approximate surface area is 144 Å². The maximum absolute atomic E-state index is 12.3. The van der Waals surface area contributed by atoms with Gasteiger partial charge in [0.25, 0.3) is 0 Å². The SMILES string of the molecule is O=C(N=C1SCCN1CC(=O)c1ccccc1)Nc1ccccc1. The van der Waals surface area contributed by atoms with Crippen LogP contribution in [0.5, 0.6) is 0 Å². The first-order valence-corrected chi connectivity index (χ1v) is 8.61. The van der Waals surface area contributed by atoms with Gasteiger partial charge in [0.15, 0.2) is 11.0 Å². The molecule has 0 aliphatic carbocycles. The zero-order valence-electron chi connectivity index (χ0n) is 13.0. The van der Waals surface area contributed by atoms with Crippen LogP contribution in [0.3, 0.4) is 0 Å². The predicted molar refractivity (Wildman–Crippen MR) is 97.7 cm³/mol. The number of aliphatic imine (C=N–C) groups is 1. The number of nitrogens with one attached hydrogen (secondary N) is 1. The highest BCUT2D eigenvalue weighted by Gasteiger charge is 2.23. The van der Waals surface area contributed by atoms with Gasteiger partial charge in [0.05, 0.1) is 6.54 Å². The first-order valence-electron chi connectivity index (χ1n) is 7.63. The zero-order valence-corrected chi connectivity index (χ0v) is 13.8. The summed E-state index contributed by atoms with van der Waals surface area (Å²) in [5.41, 5.74) is 1.37. The van der Waals surface area contributed by atoms with E-state index in [9.17, 15) is 9.59 Å². The highest BCUT2D eigenvalue weighted by atomic mass is 32.2. The van der Waals surface area contributed by atoms with Crippen LogP contribution in [-0.2, 0) is 0 Å². The van der Waals surface area contributed by atoms with E-state index >= 15 is 0 Å². The average molecular weight is 339 g/mol. The van der Waals surface area contributed by atoms with Crippen molar-refractivity contribution in [1.29, 1.82) is 0 Å². The van der Waals surface area contributed by atoms with E-state index in [0.717, 1.165) is 5.75 Å². The molecule has 0 atom stereocenters. The normalized spacial score (nSPS) is 15.5. The molecule has 2 aromatic rings. The van der Waals surface area contributed by atoms with Gasteiger partial charge in [-0.3, -0.25) is 4.79 Å². The van der Waals surface area contributed by atoms with Crippen LogP contribution in [0, 0.1) is 0 Å². The van der Waals surface area contributed by atoms with Gasteiger partial charge in [-0.25, -0.2) is 4.79 Å². The fourth-order valence-electron chi connectivity index (χ4n) is 2.33. The molecular weight excluding hydrogens is 322 g/mol. The third-order valence-corrected chi connectivity index (χ3v) is 4.51. The van der Waals surface area contributed by atoms with Gasteiger partial charge in [0, 0.05) is 23.5 Å². The summed E-state index contributed by atoms with van der Waals surface area (Å²) in [6.45, 7) is 0.940. The molecule has 1 fully saturated rings. The van der Waals surface area contributed by atoms with Crippen molar-refractivity contribution in [1.82, 2.24) is 4.90 Å². The topological polar surface area (TPSA) is 61.8 Å². The number of carbonyl (C=O) groups is 2. The minimum atomic E-state index is -0.428. The number of amides is 2. The van der Waals surface area contributed by atoms with Crippen molar-refractivity contribution in [3.63, 3.8) is 0 Å². The molecule has 122 valence electrons. The number of ketones is 1. The van der Waals surface area contributed by atoms with Crippen LogP contribution < -0.4 is 5.32 Å². The van der Waals surface area contributed by atoms with Crippen LogP contribution in [0.1, 0.15) is 10.4 Å². The zero-order chi connectivity index (χ0) is 16.8. The Bertz CT molecular complexity index is 747. The van der Waals surface area contributed by atoms with Crippen molar-refractivity contribution in [3.05, 3.63) is 66.2 Å². The Balaban J connectivity index is 1.64. The molecule has 1 N–H and O–H groups in total. The van der Waals surface area contributed by atoms with Gasteiger partial charge < -0.3 is 10.2 Å². The molecule has 5 nitrogen and oxygen atoms in total. The number of para-hydroxylation sites is 1. The molecule has 1 aliphatic rings. The quantitative estimate of drug-likeness (QED) is 0.866. The molecular formula is C18H17N3O2S. The molecule has 0 radical (unpaired) electrons. The maximum Gasteiger partial charge on any atom is 0.347 e. The number of hydrogen-bond acceptors (Lipinski definition) is 3. The summed E-state index contributed by atoms with van der Waals surface area (Å²) in [7, 11) is 0. The lowest BCUT2D eigenvalue weighted by molar-refractivity contribution is 0.0966. The van der Waals surface area contributed by atoms with E-state index in [-0.39, 0.29) is 12.3 Å². The summed E-state index contributed by atoms with van der Waals surface area (Å²) in [5, 5.41) is 3.31. The molecule has 3 rings (SSSR count). The molecule has 2 amide bonds. The number of Topliss-reactive ketones (excluding diaryl/α,β-unsaturated/α-hetero) is 1. The number of anilines is 1. The van der Waals surface area contributed by atoms with Crippen molar-refractivity contribution in [2.75, 3.05) is 24.2 Å². The Morgan fingerprint density at radius 2 is 1.71 bits per heavy atom. The van der Waals surface area contributed by atoms with E-state index in [0.29, 0.717) is 23.0 Å². The van der Waals surface area contributed by atoms with E-state index in [1.165, 1.54) is 11.8 Å². The number of benzene rings is 2. The van der Waals surface area contributed by atoms with Crippen LogP contribution >= 0.6 is 11.8 Å². The summed E-state index contributed by atoms with van der Waals surface area (Å²) in [4.78, 5) is 30.3. The van der Waals surface area contributed by atoms with E-state index < -0.39 is 6.03 Å². The maximum atomic E-state index is 12.3. The first kappa shape index (κ1) is 16.3. The van der Waals surface area contributed by atoms with Gasteiger partial charge >= 0.3 is 6.03 Å². The monoisotopic (exact) mass is 339 g/mol. The summed E-state index contributed by atoms with van der Waals surface area (Å²) in [6.07, 6.45) is 0.